The van der Waals surface area contributed by atoms with E-state index < -0.39 is 0 Å². The van der Waals surface area contributed by atoms with Gasteiger partial charge in [-0.2, -0.15) is 0 Å². The summed E-state index contributed by atoms with van der Waals surface area (Å²) in [7, 11) is 0. The lowest BCUT2D eigenvalue weighted by molar-refractivity contribution is 1.02. The Hall–Kier alpha value is -2.32. The Labute approximate surface area is 176 Å². The number of hydrogen-bond acceptors (Lipinski definition) is 1. The van der Waals surface area contributed by atoms with Crippen molar-refractivity contribution in [3.63, 3.8) is 0 Å². The molecule has 0 saturated heterocycles. The third kappa shape index (κ3) is 2.58. The van der Waals surface area contributed by atoms with Gasteiger partial charge in [0.25, 0.3) is 0 Å². The Bertz CT molecular complexity index is 1100. The maximum Gasteiger partial charge on any atom is 0.0882 e. The molecule has 1 unspecified atom stereocenters. The molecule has 2 aromatic rings. The number of rotatable bonds is 3. The lowest BCUT2D eigenvalue weighted by atomic mass is 9.90. The summed E-state index contributed by atoms with van der Waals surface area (Å²) in [6.07, 6.45) is 8.82. The van der Waals surface area contributed by atoms with Gasteiger partial charge in [0, 0.05) is 5.56 Å². The first kappa shape index (κ1) is 17.8. The van der Waals surface area contributed by atoms with Crippen LogP contribution in [0.15, 0.2) is 77.4 Å². The summed E-state index contributed by atoms with van der Waals surface area (Å²) in [4.78, 5) is 0. The molecule has 2 aliphatic carbocycles. The Morgan fingerprint density at radius 2 is 1.86 bits per heavy atom. The van der Waals surface area contributed by atoms with Crippen molar-refractivity contribution >= 4 is 33.0 Å². The summed E-state index contributed by atoms with van der Waals surface area (Å²) in [5, 5.41) is 0. The molecule has 3 aliphatic rings. The van der Waals surface area contributed by atoms with E-state index in [0.29, 0.717) is 0 Å². The second-order valence-corrected chi connectivity index (χ2v) is 8.87. The number of hydrogen-bond donors (Lipinski definition) is 0. The highest BCUT2D eigenvalue weighted by molar-refractivity contribution is 9.10. The molecule has 0 radical (unpaired) electrons. The van der Waals surface area contributed by atoms with Crippen LogP contribution in [0.4, 0.5) is 5.69 Å². The highest BCUT2D eigenvalue weighted by Crippen LogP contribution is 2.55. The molecule has 1 heterocycles. The molecular formula is C26H24BrN. The van der Waals surface area contributed by atoms with Gasteiger partial charge < -0.3 is 0 Å². The molecule has 2 heteroatoms. The molecule has 1 aliphatic heterocycles. The molecule has 1 nitrogen and oxygen atoms in total. The predicted molar refractivity (Wildman–Crippen MR) is 124 cm³/mol. The van der Waals surface area contributed by atoms with Gasteiger partial charge in [0.05, 0.1) is 27.9 Å². The maximum absolute atomic E-state index is 3.90. The van der Waals surface area contributed by atoms with Gasteiger partial charge in [-0.25, -0.2) is 0 Å². The normalized spacial score (nSPS) is 20.2. The minimum atomic E-state index is 0.284. The van der Waals surface area contributed by atoms with Crippen LogP contribution in [-0.4, -0.2) is 6.04 Å². The molecule has 0 bridgehead atoms. The van der Waals surface area contributed by atoms with Gasteiger partial charge in [0.1, 0.15) is 0 Å². The highest BCUT2D eigenvalue weighted by atomic mass is 79.9. The van der Waals surface area contributed by atoms with Crippen LogP contribution in [0.1, 0.15) is 42.5 Å². The summed E-state index contributed by atoms with van der Waals surface area (Å²) in [6.45, 7) is 6.79. The van der Waals surface area contributed by atoms with Crippen molar-refractivity contribution in [1.82, 2.24) is 0 Å². The van der Waals surface area contributed by atoms with E-state index in [4.69, 9.17) is 0 Å². The lowest BCUT2D eigenvalue weighted by Gasteiger charge is -2.20. The first-order valence-electron chi connectivity index (χ1n) is 9.97. The fraction of sp³-hybridized carbons (Fsp3) is 0.231. The van der Waals surface area contributed by atoms with E-state index in [1.165, 1.54) is 55.8 Å². The average molecular weight is 430 g/mol. The third-order valence-corrected chi connectivity index (χ3v) is 7.24. The summed E-state index contributed by atoms with van der Waals surface area (Å²) in [5.41, 5.74) is 14.0. The van der Waals surface area contributed by atoms with Crippen LogP contribution < -0.4 is 3.93 Å². The van der Waals surface area contributed by atoms with Gasteiger partial charge in [0.2, 0.25) is 0 Å². The quantitative estimate of drug-likeness (QED) is 0.466. The summed E-state index contributed by atoms with van der Waals surface area (Å²) < 4.78 is 2.29. The van der Waals surface area contributed by atoms with Gasteiger partial charge in [-0.05, 0) is 84.7 Å². The van der Waals surface area contributed by atoms with Gasteiger partial charge >= 0.3 is 0 Å². The molecule has 0 saturated carbocycles. The molecule has 2 aromatic carbocycles. The number of benzene rings is 2. The second-order valence-electron chi connectivity index (χ2n) is 8.11. The van der Waals surface area contributed by atoms with Crippen molar-refractivity contribution in [3.05, 3.63) is 99.7 Å². The van der Waals surface area contributed by atoms with Crippen LogP contribution >= 0.6 is 16.1 Å². The molecule has 1 atom stereocenters. The molecular weight excluding hydrogens is 406 g/mol. The van der Waals surface area contributed by atoms with E-state index in [2.05, 4.69) is 102 Å². The van der Waals surface area contributed by atoms with Crippen molar-refractivity contribution in [2.75, 3.05) is 3.93 Å². The third-order valence-electron chi connectivity index (χ3n) is 6.45. The lowest BCUT2D eigenvalue weighted by Crippen LogP contribution is -2.21. The van der Waals surface area contributed by atoms with E-state index in [-0.39, 0.29) is 6.04 Å². The number of allylic oxidation sites excluding steroid dienone is 6. The highest BCUT2D eigenvalue weighted by Gasteiger charge is 2.41. The molecule has 0 aromatic heterocycles. The van der Waals surface area contributed by atoms with Gasteiger partial charge in [-0.3, -0.25) is 3.93 Å². The fourth-order valence-electron chi connectivity index (χ4n) is 4.83. The Balaban J connectivity index is 1.69. The zero-order valence-electron chi connectivity index (χ0n) is 16.6. The van der Waals surface area contributed by atoms with E-state index in [1.54, 1.807) is 0 Å². The maximum atomic E-state index is 3.90. The first-order chi connectivity index (χ1) is 13.6. The molecule has 0 spiro atoms. The van der Waals surface area contributed by atoms with E-state index in [9.17, 15) is 0 Å². The smallest absolute Gasteiger partial charge is 0.0882 e. The molecule has 0 N–H and O–H groups in total. The molecule has 28 heavy (non-hydrogen) atoms. The number of nitrogens with zero attached hydrogens (tertiary/aromatic N) is 1. The zero-order valence-corrected chi connectivity index (χ0v) is 18.2. The van der Waals surface area contributed by atoms with Crippen molar-refractivity contribution < 1.29 is 0 Å². The Kier molecular flexibility index (Phi) is 4.21. The van der Waals surface area contributed by atoms with Crippen LogP contribution in [0.2, 0.25) is 0 Å². The molecule has 140 valence electrons. The minimum Gasteiger partial charge on any atom is -0.297 e. The molecule has 0 amide bonds. The van der Waals surface area contributed by atoms with Crippen LogP contribution in [0, 0.1) is 6.92 Å². The summed E-state index contributed by atoms with van der Waals surface area (Å²) in [6, 6.07) is 15.9. The first-order valence-corrected chi connectivity index (χ1v) is 10.7. The molecule has 5 rings (SSSR count). The zero-order chi connectivity index (χ0) is 19.4. The van der Waals surface area contributed by atoms with Crippen molar-refractivity contribution in [1.29, 1.82) is 0 Å². The Morgan fingerprint density at radius 1 is 1.07 bits per heavy atom. The van der Waals surface area contributed by atoms with Crippen molar-refractivity contribution in [2.45, 2.75) is 39.7 Å². The fourth-order valence-corrected chi connectivity index (χ4v) is 5.63. The van der Waals surface area contributed by atoms with Crippen LogP contribution in [0.5, 0.6) is 0 Å². The SMILES string of the molecule is CC1=C(C)C2C(=C1c1ccccc1)c1cc(CC3=CC=CC3)c(C)cc1N2Br. The Morgan fingerprint density at radius 3 is 2.57 bits per heavy atom. The van der Waals surface area contributed by atoms with E-state index in [0.717, 1.165) is 12.8 Å². The van der Waals surface area contributed by atoms with Crippen molar-refractivity contribution in [2.24, 2.45) is 0 Å². The van der Waals surface area contributed by atoms with Crippen LogP contribution in [-0.2, 0) is 6.42 Å². The predicted octanol–water partition coefficient (Wildman–Crippen LogP) is 7.18. The standard InChI is InChI=1S/C26H24BrN/c1-16-13-23-22(15-21(16)14-19-9-7-8-10-19)25-24(20-11-5-4-6-12-20)17(2)18(3)26(25)28(23)27/h4-9,11-13,15,26H,10,14H2,1-3H3. The average Bonchev–Trinajstić information content (AvgIpc) is 3.36. The topological polar surface area (TPSA) is 3.24 Å². The van der Waals surface area contributed by atoms with Gasteiger partial charge in [-0.15, -0.1) is 0 Å². The van der Waals surface area contributed by atoms with Crippen molar-refractivity contribution in [3.8, 4) is 0 Å². The largest absolute Gasteiger partial charge is 0.297 e. The second kappa shape index (κ2) is 6.63. The number of aryl methyl sites for hydroxylation is 1. The number of anilines is 1. The van der Waals surface area contributed by atoms with Gasteiger partial charge in [0.15, 0.2) is 0 Å². The molecule has 0 fully saturated rings. The minimum absolute atomic E-state index is 0.284. The number of fused-ring (bicyclic) bond motifs is 3. The number of halogens is 1. The van der Waals surface area contributed by atoms with E-state index in [1.807, 2.05) is 0 Å². The summed E-state index contributed by atoms with van der Waals surface area (Å²) >= 11 is 3.90. The van der Waals surface area contributed by atoms with Crippen LogP contribution in [0.25, 0.3) is 11.1 Å². The van der Waals surface area contributed by atoms with Crippen LogP contribution in [0.3, 0.4) is 0 Å². The monoisotopic (exact) mass is 429 g/mol. The summed E-state index contributed by atoms with van der Waals surface area (Å²) in [5.74, 6) is 0. The van der Waals surface area contributed by atoms with E-state index >= 15 is 0 Å². The van der Waals surface area contributed by atoms with Gasteiger partial charge in [-0.1, -0.05) is 54.1 Å².